The van der Waals surface area contributed by atoms with Crippen LogP contribution in [-0.2, 0) is 23.6 Å². The van der Waals surface area contributed by atoms with Crippen LogP contribution in [0.4, 0.5) is 0 Å². The average molecular weight is 739 g/mol. The molecular weight excluding hydrogens is 689 g/mol. The van der Waals surface area contributed by atoms with Crippen molar-refractivity contribution in [3.8, 4) is 17.0 Å². The third-order valence-electron chi connectivity index (χ3n) is 12.0. The van der Waals surface area contributed by atoms with Crippen molar-refractivity contribution in [3.63, 3.8) is 0 Å². The van der Waals surface area contributed by atoms with Gasteiger partial charge >= 0.3 is 0 Å². The van der Waals surface area contributed by atoms with Crippen LogP contribution in [0.15, 0.2) is 36.4 Å². The standard InChI is InChI=1S/C41H50N6O5S/c1-24(2)53(50,51)43-40(48)27-12-16-34-35(20-27)46-21-29(18-28-19-32(52-6)15-17-33(28)39(46)37(34)26-10-8-7-9-11-26)38-36(25(3)42-45(38)5)41(49)47-30-13-14-31(47)23-44(4)22-30/h12,15-20,24,26,30-31H,7-11,13-14,21-23H2,1-6H3,(H,43,48)/t30-,31?/m1/s1. The molecule has 2 saturated heterocycles. The summed E-state index contributed by atoms with van der Waals surface area (Å²) in [5.74, 6) is 0.443. The number of rotatable bonds is 7. The van der Waals surface area contributed by atoms with Crippen LogP contribution in [0.5, 0.6) is 5.75 Å². The maximum atomic E-state index is 14.8. The van der Waals surface area contributed by atoms with Crippen molar-refractivity contribution in [3.05, 3.63) is 70.0 Å². The minimum Gasteiger partial charge on any atom is -0.497 e. The van der Waals surface area contributed by atoms with Crippen molar-refractivity contribution in [2.24, 2.45) is 7.05 Å². The van der Waals surface area contributed by atoms with Crippen molar-refractivity contribution >= 4 is 44.4 Å². The van der Waals surface area contributed by atoms with Gasteiger partial charge in [0.05, 0.1) is 41.5 Å². The first-order valence-corrected chi connectivity index (χ1v) is 20.6. The van der Waals surface area contributed by atoms with Gasteiger partial charge in [0.1, 0.15) is 5.75 Å². The number of methoxy groups -OCH3 is 1. The quantitative estimate of drug-likeness (QED) is 0.235. The number of nitrogens with zero attached hydrogens (tertiary/aromatic N) is 5. The number of piperazine rings is 1. The summed E-state index contributed by atoms with van der Waals surface area (Å²) in [5, 5.41) is 5.17. The Bertz CT molecular complexity index is 2260. The lowest BCUT2D eigenvalue weighted by molar-refractivity contribution is 0.0471. The number of likely N-dealkylation sites (N-methyl/N-ethyl adjacent to an activating group) is 1. The molecule has 12 heteroatoms. The molecule has 11 nitrogen and oxygen atoms in total. The normalized spacial score (nSPS) is 20.7. The van der Waals surface area contributed by atoms with E-state index in [0.717, 1.165) is 96.4 Å². The van der Waals surface area contributed by atoms with Crippen LogP contribution in [0.3, 0.4) is 0 Å². The number of aromatic nitrogens is 3. The summed E-state index contributed by atoms with van der Waals surface area (Å²) < 4.78 is 37.7. The molecule has 2 amide bonds. The Kier molecular flexibility index (Phi) is 9.04. The number of aryl methyl sites for hydroxylation is 2. The van der Waals surface area contributed by atoms with E-state index in [1.807, 2.05) is 36.9 Å². The van der Waals surface area contributed by atoms with Crippen molar-refractivity contribution in [1.29, 1.82) is 0 Å². The van der Waals surface area contributed by atoms with Gasteiger partial charge in [-0.05, 0) is 113 Å². The number of ether oxygens (including phenoxy) is 1. The number of fused-ring (bicyclic) bond motifs is 7. The molecule has 4 aliphatic rings. The molecule has 1 saturated carbocycles. The fourth-order valence-electron chi connectivity index (χ4n) is 9.49. The summed E-state index contributed by atoms with van der Waals surface area (Å²) >= 11 is 0. The minimum absolute atomic E-state index is 0.0352. The molecule has 53 heavy (non-hydrogen) atoms. The Morgan fingerprint density at radius 1 is 0.943 bits per heavy atom. The van der Waals surface area contributed by atoms with Crippen molar-refractivity contribution in [2.45, 2.75) is 95.5 Å². The molecule has 1 N–H and O–H groups in total. The number of hydrogen-bond acceptors (Lipinski definition) is 7. The third-order valence-corrected chi connectivity index (χ3v) is 13.8. The summed E-state index contributed by atoms with van der Waals surface area (Å²) in [4.78, 5) is 32.7. The number of benzene rings is 2. The molecule has 280 valence electrons. The molecule has 4 aromatic rings. The Labute approximate surface area is 312 Å². The van der Waals surface area contributed by atoms with Crippen molar-refractivity contribution < 1.29 is 22.7 Å². The molecule has 0 spiro atoms. The van der Waals surface area contributed by atoms with Crippen LogP contribution in [0.2, 0.25) is 0 Å². The minimum atomic E-state index is -3.83. The van der Waals surface area contributed by atoms with E-state index in [9.17, 15) is 18.0 Å². The second kappa shape index (κ2) is 13.5. The van der Waals surface area contributed by atoms with Gasteiger partial charge in [0.15, 0.2) is 0 Å². The van der Waals surface area contributed by atoms with E-state index in [2.05, 4.69) is 44.3 Å². The van der Waals surface area contributed by atoms with Crippen molar-refractivity contribution in [1.82, 2.24) is 28.9 Å². The Hall–Kier alpha value is -4.42. The molecule has 1 aliphatic carbocycles. The molecule has 5 heterocycles. The molecule has 2 atom stereocenters. The van der Waals surface area contributed by atoms with Crippen LogP contribution in [0.1, 0.15) is 108 Å². The SMILES string of the molecule is COc1ccc2c(c1)C=C(c1c(C(=O)N3C4CC[C@@H]3CN(C)C4)c(C)nn1C)Cn1c-2c(C2CCCCC2)c2ccc(C(=O)NS(=O)(=O)C(C)C)cc21. The summed E-state index contributed by atoms with van der Waals surface area (Å²) in [6.45, 7) is 7.18. The molecule has 3 aliphatic heterocycles. The largest absolute Gasteiger partial charge is 0.497 e. The first-order valence-electron chi connectivity index (χ1n) is 19.0. The van der Waals surface area contributed by atoms with Gasteiger partial charge in [0, 0.05) is 54.3 Å². The zero-order valence-corrected chi connectivity index (χ0v) is 32.4. The van der Waals surface area contributed by atoms with Crippen LogP contribution in [0, 0.1) is 6.92 Å². The van der Waals surface area contributed by atoms with Crippen LogP contribution < -0.4 is 9.46 Å². The summed E-state index contributed by atoms with van der Waals surface area (Å²) in [6, 6.07) is 12.1. The fourth-order valence-corrected chi connectivity index (χ4v) is 10.1. The number of carbonyl (C=O) groups excluding carboxylic acids is 2. The number of allylic oxidation sites excluding steroid dienone is 1. The Balaban J connectivity index is 1.34. The van der Waals surface area contributed by atoms with Gasteiger partial charge in [-0.2, -0.15) is 5.10 Å². The van der Waals surface area contributed by atoms with E-state index >= 15 is 0 Å². The number of hydrogen-bond donors (Lipinski definition) is 1. The first kappa shape index (κ1) is 35.6. The monoisotopic (exact) mass is 738 g/mol. The molecule has 0 radical (unpaired) electrons. The maximum Gasteiger partial charge on any atom is 0.264 e. The zero-order chi connectivity index (χ0) is 37.3. The second-order valence-corrected chi connectivity index (χ2v) is 18.1. The van der Waals surface area contributed by atoms with E-state index in [1.54, 1.807) is 27.0 Å². The van der Waals surface area contributed by atoms with Gasteiger partial charge in [0.2, 0.25) is 10.0 Å². The summed E-state index contributed by atoms with van der Waals surface area (Å²) in [7, 11) is 1.89. The Morgan fingerprint density at radius 2 is 1.66 bits per heavy atom. The Morgan fingerprint density at radius 3 is 2.34 bits per heavy atom. The molecule has 8 rings (SSSR count). The highest BCUT2D eigenvalue weighted by atomic mass is 32.2. The number of amides is 2. The average Bonchev–Trinajstić information content (AvgIpc) is 3.67. The van der Waals surface area contributed by atoms with Gasteiger partial charge in [-0.25, -0.2) is 13.1 Å². The van der Waals surface area contributed by atoms with E-state index in [0.29, 0.717) is 23.7 Å². The highest BCUT2D eigenvalue weighted by Crippen LogP contribution is 2.48. The van der Waals surface area contributed by atoms with E-state index in [4.69, 9.17) is 9.84 Å². The number of nitrogens with one attached hydrogen (secondary N) is 1. The molecule has 2 bridgehead atoms. The van der Waals surface area contributed by atoms with E-state index in [-0.39, 0.29) is 23.6 Å². The maximum absolute atomic E-state index is 14.8. The topological polar surface area (TPSA) is 119 Å². The highest BCUT2D eigenvalue weighted by Gasteiger charge is 2.43. The molecule has 2 aromatic carbocycles. The lowest BCUT2D eigenvalue weighted by Crippen LogP contribution is -2.54. The van der Waals surface area contributed by atoms with Crippen molar-refractivity contribution in [2.75, 3.05) is 27.2 Å². The first-order chi connectivity index (χ1) is 25.4. The van der Waals surface area contributed by atoms with Crippen LogP contribution in [0.25, 0.3) is 33.8 Å². The summed E-state index contributed by atoms with van der Waals surface area (Å²) in [5.41, 5.74) is 8.56. The lowest BCUT2D eigenvalue weighted by atomic mass is 9.81. The van der Waals surface area contributed by atoms with Crippen LogP contribution >= 0.6 is 0 Å². The second-order valence-electron chi connectivity index (χ2n) is 15.8. The van der Waals surface area contributed by atoms with Gasteiger partial charge in [-0.3, -0.25) is 14.3 Å². The smallest absolute Gasteiger partial charge is 0.264 e. The molecule has 2 aromatic heterocycles. The van der Waals surface area contributed by atoms with Gasteiger partial charge < -0.3 is 19.1 Å². The number of sulfonamides is 1. The lowest BCUT2D eigenvalue weighted by Gasteiger charge is -2.39. The molecule has 3 fully saturated rings. The predicted molar refractivity (Wildman–Crippen MR) is 208 cm³/mol. The third kappa shape index (κ3) is 6.07. The van der Waals surface area contributed by atoms with Crippen LogP contribution in [-0.4, -0.2) is 89.0 Å². The fraction of sp³-hybridized carbons (Fsp3) is 0.488. The molecular formula is C41H50N6O5S. The van der Waals surface area contributed by atoms with Gasteiger partial charge in [-0.1, -0.05) is 25.3 Å². The van der Waals surface area contributed by atoms with Gasteiger partial charge in [0.25, 0.3) is 11.8 Å². The van der Waals surface area contributed by atoms with Gasteiger partial charge in [-0.15, -0.1) is 0 Å². The highest BCUT2D eigenvalue weighted by molar-refractivity contribution is 7.90. The zero-order valence-electron chi connectivity index (χ0n) is 31.6. The van der Waals surface area contributed by atoms with E-state index < -0.39 is 21.2 Å². The number of carbonyl (C=O) groups is 2. The number of likely N-dealkylation sites (tertiary alicyclic amines) is 1. The summed E-state index contributed by atoms with van der Waals surface area (Å²) in [6.07, 6.45) is 9.84. The van der Waals surface area contributed by atoms with E-state index in [1.165, 1.54) is 12.0 Å². The predicted octanol–water partition coefficient (Wildman–Crippen LogP) is 6.35. The molecule has 1 unspecified atom stereocenters.